The highest BCUT2D eigenvalue weighted by Crippen LogP contribution is 2.25. The first-order valence-corrected chi connectivity index (χ1v) is 8.52. The number of aliphatic carboxylic acids is 1. The third kappa shape index (κ3) is 5.61. The maximum absolute atomic E-state index is 12.4. The smallest absolute Gasteiger partial charge is 0.305 e. The fourth-order valence-corrected chi connectivity index (χ4v) is 2.50. The monoisotopic (exact) mass is 388 g/mol. The maximum atomic E-state index is 12.4. The second-order valence-electron chi connectivity index (χ2n) is 6.43. The number of carboxylic acids is 1. The summed E-state index contributed by atoms with van der Waals surface area (Å²) < 4.78 is 0. The zero-order valence-corrected chi connectivity index (χ0v) is 16.0. The van der Waals surface area contributed by atoms with E-state index in [4.69, 9.17) is 28.3 Å². The van der Waals surface area contributed by atoms with Gasteiger partial charge < -0.3 is 15.7 Å². The van der Waals surface area contributed by atoms with Gasteiger partial charge in [0.15, 0.2) is 0 Å². The molecule has 2 unspecified atom stereocenters. The predicted molar refractivity (Wildman–Crippen MR) is 97.0 cm³/mol. The summed E-state index contributed by atoms with van der Waals surface area (Å²) in [5.74, 6) is -2.15. The van der Waals surface area contributed by atoms with Gasteiger partial charge in [0.05, 0.1) is 27.6 Å². The highest BCUT2D eigenvalue weighted by molar-refractivity contribution is 6.43. The van der Waals surface area contributed by atoms with Gasteiger partial charge in [-0.1, -0.05) is 43.1 Å². The summed E-state index contributed by atoms with van der Waals surface area (Å²) >= 11 is 11.9. The minimum atomic E-state index is -1.01. The van der Waals surface area contributed by atoms with Gasteiger partial charge in [-0.15, -0.1) is 0 Å². The van der Waals surface area contributed by atoms with Crippen molar-refractivity contribution < 1.29 is 19.5 Å². The Balaban J connectivity index is 2.84. The summed E-state index contributed by atoms with van der Waals surface area (Å²) in [6.45, 7) is 6.80. The van der Waals surface area contributed by atoms with Crippen LogP contribution in [0.1, 0.15) is 44.5 Å². The lowest BCUT2D eigenvalue weighted by Gasteiger charge is -2.34. The topological polar surface area (TPSA) is 95.5 Å². The second kappa shape index (κ2) is 8.54. The number of carbonyl (C=O) groups is 3. The van der Waals surface area contributed by atoms with Crippen molar-refractivity contribution in [3.63, 3.8) is 0 Å². The van der Waals surface area contributed by atoms with Crippen molar-refractivity contribution in [3.8, 4) is 0 Å². The minimum Gasteiger partial charge on any atom is -0.481 e. The van der Waals surface area contributed by atoms with Gasteiger partial charge in [-0.2, -0.15) is 0 Å². The van der Waals surface area contributed by atoms with Crippen LogP contribution in [0, 0.1) is 5.92 Å². The van der Waals surface area contributed by atoms with Crippen LogP contribution < -0.4 is 10.6 Å². The van der Waals surface area contributed by atoms with Crippen LogP contribution in [-0.2, 0) is 9.59 Å². The zero-order chi connectivity index (χ0) is 19.4. The number of carboxylic acid groups (broad SMARTS) is 1. The van der Waals surface area contributed by atoms with Crippen molar-refractivity contribution >= 4 is 41.0 Å². The molecule has 1 rings (SSSR count). The first-order chi connectivity index (χ1) is 11.5. The SMILES string of the molecule is CC(NC(=O)c1cccc(Cl)c1Cl)C(=O)NC(C)(CC(=O)O)C(C)C. The molecule has 1 aromatic rings. The van der Waals surface area contributed by atoms with Crippen LogP contribution >= 0.6 is 23.2 Å². The Morgan fingerprint density at radius 2 is 1.80 bits per heavy atom. The molecule has 3 N–H and O–H groups in total. The van der Waals surface area contributed by atoms with Crippen LogP contribution in [0.4, 0.5) is 0 Å². The third-order valence-corrected chi connectivity index (χ3v) is 4.96. The van der Waals surface area contributed by atoms with Crippen LogP contribution in [0.3, 0.4) is 0 Å². The Hall–Kier alpha value is -1.79. The lowest BCUT2D eigenvalue weighted by Crippen LogP contribution is -2.56. The fraction of sp³-hybridized carbons (Fsp3) is 0.471. The molecule has 138 valence electrons. The van der Waals surface area contributed by atoms with Crippen LogP contribution in [0.2, 0.25) is 10.0 Å². The molecule has 0 aromatic heterocycles. The van der Waals surface area contributed by atoms with Gasteiger partial charge in [-0.25, -0.2) is 0 Å². The van der Waals surface area contributed by atoms with Crippen molar-refractivity contribution in [3.05, 3.63) is 33.8 Å². The number of amides is 2. The van der Waals surface area contributed by atoms with E-state index < -0.39 is 29.4 Å². The van der Waals surface area contributed by atoms with E-state index in [2.05, 4.69) is 10.6 Å². The Bertz CT molecular complexity index is 679. The van der Waals surface area contributed by atoms with E-state index in [0.29, 0.717) is 0 Å². The second-order valence-corrected chi connectivity index (χ2v) is 7.21. The molecule has 2 amide bonds. The summed E-state index contributed by atoms with van der Waals surface area (Å²) in [6.07, 6.45) is -0.225. The Labute approximate surface area is 156 Å². The highest BCUT2D eigenvalue weighted by atomic mass is 35.5. The number of halogens is 2. The average molecular weight is 389 g/mol. The van der Waals surface area contributed by atoms with E-state index in [1.807, 2.05) is 13.8 Å². The van der Waals surface area contributed by atoms with Crippen LogP contribution in [0.5, 0.6) is 0 Å². The lowest BCUT2D eigenvalue weighted by atomic mass is 9.85. The van der Waals surface area contributed by atoms with Gasteiger partial charge in [0.2, 0.25) is 5.91 Å². The molecular weight excluding hydrogens is 367 g/mol. The molecule has 8 heteroatoms. The molecule has 0 fully saturated rings. The van der Waals surface area contributed by atoms with Crippen LogP contribution in [0.25, 0.3) is 0 Å². The van der Waals surface area contributed by atoms with E-state index in [0.717, 1.165) is 0 Å². The molecule has 0 aliphatic heterocycles. The van der Waals surface area contributed by atoms with E-state index in [1.54, 1.807) is 19.1 Å². The van der Waals surface area contributed by atoms with Crippen LogP contribution in [0.15, 0.2) is 18.2 Å². The van der Waals surface area contributed by atoms with Crippen molar-refractivity contribution in [2.24, 2.45) is 5.92 Å². The van der Waals surface area contributed by atoms with Gasteiger partial charge in [0.1, 0.15) is 6.04 Å². The third-order valence-electron chi connectivity index (χ3n) is 4.14. The molecule has 0 aliphatic rings. The van der Waals surface area contributed by atoms with Crippen molar-refractivity contribution in [2.75, 3.05) is 0 Å². The van der Waals surface area contributed by atoms with Gasteiger partial charge in [-0.3, -0.25) is 14.4 Å². The summed E-state index contributed by atoms with van der Waals surface area (Å²) in [5, 5.41) is 14.6. The van der Waals surface area contributed by atoms with Gasteiger partial charge >= 0.3 is 5.97 Å². The summed E-state index contributed by atoms with van der Waals surface area (Å²) in [4.78, 5) is 35.7. The Kier molecular flexibility index (Phi) is 7.26. The first-order valence-electron chi connectivity index (χ1n) is 7.76. The largest absolute Gasteiger partial charge is 0.481 e. The Morgan fingerprint density at radius 1 is 1.20 bits per heavy atom. The summed E-state index contributed by atoms with van der Waals surface area (Å²) in [7, 11) is 0. The van der Waals surface area contributed by atoms with Gasteiger partial charge in [0.25, 0.3) is 5.91 Å². The van der Waals surface area contributed by atoms with Gasteiger partial charge in [-0.05, 0) is 31.9 Å². The van der Waals surface area contributed by atoms with Crippen molar-refractivity contribution in [2.45, 2.75) is 45.7 Å². The number of nitrogens with one attached hydrogen (secondary N) is 2. The molecule has 0 bridgehead atoms. The molecular formula is C17H22Cl2N2O4. The molecule has 0 heterocycles. The average Bonchev–Trinajstić information content (AvgIpc) is 2.48. The number of hydrogen-bond acceptors (Lipinski definition) is 3. The number of hydrogen-bond donors (Lipinski definition) is 3. The molecule has 0 aliphatic carbocycles. The maximum Gasteiger partial charge on any atom is 0.305 e. The Morgan fingerprint density at radius 3 is 2.32 bits per heavy atom. The number of carbonyl (C=O) groups excluding carboxylic acids is 2. The van der Waals surface area contributed by atoms with Crippen molar-refractivity contribution in [1.82, 2.24) is 10.6 Å². The number of rotatable bonds is 7. The molecule has 0 saturated heterocycles. The van der Waals surface area contributed by atoms with E-state index in [-0.39, 0.29) is 27.9 Å². The van der Waals surface area contributed by atoms with Crippen LogP contribution in [-0.4, -0.2) is 34.5 Å². The molecule has 0 saturated carbocycles. The lowest BCUT2D eigenvalue weighted by molar-refractivity contribution is -0.139. The minimum absolute atomic E-state index is 0.104. The standard InChI is InChI=1S/C17H22Cl2N2O4/c1-9(2)17(4,8-13(22)23)21-15(24)10(3)20-16(25)11-6-5-7-12(18)14(11)19/h5-7,9-10H,8H2,1-4H3,(H,20,25)(H,21,24)(H,22,23). The van der Waals surface area contributed by atoms with Gasteiger partial charge in [0, 0.05) is 0 Å². The summed E-state index contributed by atoms with van der Waals surface area (Å²) in [6, 6.07) is 3.75. The molecule has 6 nitrogen and oxygen atoms in total. The predicted octanol–water partition coefficient (Wildman–Crippen LogP) is 3.12. The normalized spacial score (nSPS) is 14.5. The highest BCUT2D eigenvalue weighted by Gasteiger charge is 2.34. The molecule has 2 atom stereocenters. The zero-order valence-electron chi connectivity index (χ0n) is 14.5. The fourth-order valence-electron chi connectivity index (χ4n) is 2.12. The molecule has 0 spiro atoms. The van der Waals surface area contributed by atoms with E-state index >= 15 is 0 Å². The molecule has 1 aromatic carbocycles. The quantitative estimate of drug-likeness (QED) is 0.668. The van der Waals surface area contributed by atoms with E-state index in [1.165, 1.54) is 13.0 Å². The molecule has 25 heavy (non-hydrogen) atoms. The first kappa shape index (κ1) is 21.3. The van der Waals surface area contributed by atoms with Crippen molar-refractivity contribution in [1.29, 1.82) is 0 Å². The summed E-state index contributed by atoms with van der Waals surface area (Å²) in [5.41, 5.74) is -0.777. The number of benzene rings is 1. The van der Waals surface area contributed by atoms with E-state index in [9.17, 15) is 14.4 Å². The molecule has 0 radical (unpaired) electrons.